The summed E-state index contributed by atoms with van der Waals surface area (Å²) in [4.78, 5) is 12.2. The molecule has 0 saturated heterocycles. The summed E-state index contributed by atoms with van der Waals surface area (Å²) in [5, 5.41) is 32.0. The van der Waals surface area contributed by atoms with Crippen molar-refractivity contribution in [2.75, 3.05) is 18.9 Å². The average Bonchev–Trinajstić information content (AvgIpc) is 4.22. The van der Waals surface area contributed by atoms with Crippen molar-refractivity contribution in [3.63, 3.8) is 0 Å². The molecule has 0 aromatic heterocycles. The van der Waals surface area contributed by atoms with Gasteiger partial charge >= 0.3 is 0 Å². The summed E-state index contributed by atoms with van der Waals surface area (Å²) >= 11 is 5.48. The van der Waals surface area contributed by atoms with E-state index in [1.165, 1.54) is 39.0 Å². The van der Waals surface area contributed by atoms with Gasteiger partial charge in [0.2, 0.25) is 13.6 Å². The van der Waals surface area contributed by atoms with Crippen molar-refractivity contribution in [2.45, 2.75) is 141 Å². The number of aliphatic hydroxyl groups is 2. The molecule has 8 aliphatic carbocycles. The van der Waals surface area contributed by atoms with Crippen LogP contribution in [0, 0.1) is 58.2 Å². The molecule has 13 rings (SSSR count). The summed E-state index contributed by atoms with van der Waals surface area (Å²) < 4.78 is 22.7. The first-order chi connectivity index (χ1) is 35.8. The number of carbonyl (C=O) groups excluding carboxylic acids is 1. The van der Waals surface area contributed by atoms with E-state index in [1.54, 1.807) is 5.57 Å². The van der Waals surface area contributed by atoms with E-state index in [9.17, 15) is 15.0 Å². The van der Waals surface area contributed by atoms with Crippen LogP contribution < -0.4 is 29.7 Å². The number of benzene rings is 3. The number of nitrogens with one attached hydrogen (secondary N) is 2. The lowest BCUT2D eigenvalue weighted by Crippen LogP contribution is -2.51. The summed E-state index contributed by atoms with van der Waals surface area (Å²) in [5.74, 6) is 18.1. The second-order valence-electron chi connectivity index (χ2n) is 22.8. The van der Waals surface area contributed by atoms with Crippen molar-refractivity contribution < 1.29 is 34.0 Å². The van der Waals surface area contributed by atoms with E-state index in [-0.39, 0.29) is 42.0 Å². The molecule has 10 nitrogen and oxygen atoms in total. The minimum Gasteiger partial charge on any atom is -0.454 e. The molecule has 10 atom stereocenters. The van der Waals surface area contributed by atoms with E-state index in [4.69, 9.17) is 31.2 Å². The lowest BCUT2D eigenvalue weighted by Gasteiger charge is -2.53. The number of allylic oxidation sites excluding steroid dienone is 8. The normalized spacial score (nSPS) is 34.1. The van der Waals surface area contributed by atoms with E-state index < -0.39 is 11.2 Å². The van der Waals surface area contributed by atoms with Gasteiger partial charge in [-0.25, -0.2) is 0 Å². The predicted molar refractivity (Wildman–Crippen MR) is 291 cm³/mol. The Morgan fingerprint density at radius 1 is 0.649 bits per heavy atom. The third-order valence-corrected chi connectivity index (χ3v) is 19.6. The van der Waals surface area contributed by atoms with Crippen LogP contribution in [0.25, 0.3) is 0 Å². The molecule has 0 unspecified atom stereocenters. The molecule has 3 aromatic rings. The van der Waals surface area contributed by atoms with Gasteiger partial charge in [-0.2, -0.15) is 5.10 Å². The van der Waals surface area contributed by atoms with Gasteiger partial charge in [0, 0.05) is 34.8 Å². The van der Waals surface area contributed by atoms with Gasteiger partial charge in [0.1, 0.15) is 11.2 Å². The average molecular weight is 1010 g/mol. The zero-order valence-electron chi connectivity index (χ0n) is 43.1. The molecule has 74 heavy (non-hydrogen) atoms. The molecular formula is C63H67N3O7S. The standard InChI is InChI=1S/C35H37N3O3S.C28H30O4/c1-3-16-35(39)17-15-29-27-12-9-22-18-25(37-38-33(42)36-24-7-5-4-6-8-24)11-13-26(22)32(27)28(20-34(29,35)2)23-10-14-30-31(19-23)41-21-40-30;1-3-11-28(30)12-10-23-21-7-4-17-13-19(29)6-8-20(17)26(21)22(15-27(23,28)2)18-5-9-24-25(14-18)32-16-31-24/h4-8,10,14,18-19,27-29,39H,9,11-13,15,17,20-21H2,1-2H3,(H2,36,38,42);5,9,13-14,21-23,30H,4,6-8,10,12,15-16H2,1-2H3/t27-,28+,29-,34-,35-;21-,22+,23-,27-,28-/m00/s1. The van der Waals surface area contributed by atoms with Gasteiger partial charge in [0.25, 0.3) is 0 Å². The van der Waals surface area contributed by atoms with E-state index in [1.807, 2.05) is 62.4 Å². The van der Waals surface area contributed by atoms with Crippen LogP contribution in [0.5, 0.6) is 23.0 Å². The van der Waals surface area contributed by atoms with Crippen LogP contribution in [-0.2, 0) is 4.79 Å². The number of ketones is 1. The molecule has 10 aliphatic rings. The summed E-state index contributed by atoms with van der Waals surface area (Å²) in [6.07, 6.45) is 16.8. The molecule has 382 valence electrons. The van der Waals surface area contributed by atoms with Gasteiger partial charge in [-0.05, 0) is 215 Å². The van der Waals surface area contributed by atoms with Crippen LogP contribution in [0.3, 0.4) is 0 Å². The topological polar surface area (TPSA) is 131 Å². The van der Waals surface area contributed by atoms with Gasteiger partial charge in [0.15, 0.2) is 33.9 Å². The summed E-state index contributed by atoms with van der Waals surface area (Å²) in [6, 6.07) is 22.6. The molecule has 4 fully saturated rings. The van der Waals surface area contributed by atoms with Crippen molar-refractivity contribution >= 4 is 34.5 Å². The van der Waals surface area contributed by atoms with Crippen molar-refractivity contribution in [1.29, 1.82) is 0 Å². The highest BCUT2D eigenvalue weighted by Gasteiger charge is 2.64. The Hall–Kier alpha value is -6.11. The number of anilines is 1. The fraction of sp³-hybridized carbons (Fsp3) is 0.476. The fourth-order valence-electron chi connectivity index (χ4n) is 15.9. The lowest BCUT2D eigenvalue weighted by atomic mass is 9.51. The van der Waals surface area contributed by atoms with E-state index in [2.05, 4.69) is 83.7 Å². The van der Waals surface area contributed by atoms with Crippen LogP contribution >= 0.6 is 12.2 Å². The molecule has 2 aliphatic heterocycles. The van der Waals surface area contributed by atoms with Gasteiger partial charge in [-0.15, -0.1) is 11.8 Å². The highest BCUT2D eigenvalue weighted by molar-refractivity contribution is 7.80. The number of hydrogen-bond donors (Lipinski definition) is 4. The molecule has 4 N–H and O–H groups in total. The first kappa shape index (κ1) is 48.8. The van der Waals surface area contributed by atoms with Crippen LogP contribution in [0.15, 0.2) is 117 Å². The van der Waals surface area contributed by atoms with E-state index >= 15 is 0 Å². The number of ether oxygens (including phenoxy) is 4. The van der Waals surface area contributed by atoms with Crippen LogP contribution in [0.4, 0.5) is 5.69 Å². The Kier molecular flexibility index (Phi) is 12.5. The number of thiocarbonyl (C=S) groups is 1. The minimum atomic E-state index is -0.961. The number of para-hydroxylation sites is 1. The quantitative estimate of drug-likeness (QED) is 0.114. The summed E-state index contributed by atoms with van der Waals surface area (Å²) in [6.45, 7) is 8.77. The van der Waals surface area contributed by atoms with Crippen LogP contribution in [-0.4, -0.2) is 51.6 Å². The third-order valence-electron chi connectivity index (χ3n) is 19.4. The number of fused-ring (bicyclic) bond motifs is 10. The Balaban J connectivity index is 0.000000156. The van der Waals surface area contributed by atoms with Crippen LogP contribution in [0.1, 0.15) is 141 Å². The summed E-state index contributed by atoms with van der Waals surface area (Å²) in [7, 11) is 0. The highest BCUT2D eigenvalue weighted by atomic mass is 32.1. The number of hydrazone groups is 1. The number of nitrogens with zero attached hydrogens (tertiary/aromatic N) is 1. The number of rotatable bonds is 4. The van der Waals surface area contributed by atoms with Gasteiger partial charge < -0.3 is 34.5 Å². The van der Waals surface area contributed by atoms with Gasteiger partial charge in [-0.3, -0.25) is 10.2 Å². The first-order valence-electron chi connectivity index (χ1n) is 27.0. The SMILES string of the molecule is CC#C[C@]1(O)CC[C@H]2[C@@H]3CCC4=CC(=NNC(=S)Nc5ccccc5)CCC4=C3[C@@H](c3ccc4c(c3)OCO4)C[C@@]21C.CC#C[C@]1(O)CC[C@H]2[C@@H]3CCC4=CC(=O)CCC4=C3[C@@H](c3ccc4c(c3)OCO4)C[C@@]21C. The van der Waals surface area contributed by atoms with Crippen molar-refractivity contribution in [3.8, 4) is 46.7 Å². The monoisotopic (exact) mass is 1010 g/mol. The molecule has 0 amide bonds. The maximum absolute atomic E-state index is 12.2. The second-order valence-corrected chi connectivity index (χ2v) is 23.2. The molecule has 11 heteroatoms. The molecular weight excluding hydrogens is 943 g/mol. The second kappa shape index (κ2) is 18.9. The van der Waals surface area contributed by atoms with Gasteiger partial charge in [-0.1, -0.05) is 67.2 Å². The van der Waals surface area contributed by atoms with Gasteiger partial charge in [0.05, 0.1) is 5.71 Å². The maximum Gasteiger partial charge on any atom is 0.231 e. The number of carbonyl (C=O) groups is 1. The Morgan fingerprint density at radius 2 is 1.16 bits per heavy atom. The number of hydrogen-bond acceptors (Lipinski definition) is 9. The minimum absolute atomic E-state index is 0.186. The molecule has 4 saturated carbocycles. The fourth-order valence-corrected chi connectivity index (χ4v) is 16.1. The molecule has 0 bridgehead atoms. The van der Waals surface area contributed by atoms with E-state index in [0.717, 1.165) is 118 Å². The van der Waals surface area contributed by atoms with Crippen molar-refractivity contribution in [3.05, 3.63) is 123 Å². The Morgan fingerprint density at radius 3 is 1.70 bits per heavy atom. The molecule has 2 heterocycles. The van der Waals surface area contributed by atoms with Crippen molar-refractivity contribution in [2.24, 2.45) is 39.6 Å². The van der Waals surface area contributed by atoms with E-state index in [0.29, 0.717) is 35.2 Å². The molecule has 0 spiro atoms. The van der Waals surface area contributed by atoms with Crippen molar-refractivity contribution in [1.82, 2.24) is 5.43 Å². The zero-order chi connectivity index (χ0) is 51.0. The third kappa shape index (κ3) is 8.12. The lowest BCUT2D eigenvalue weighted by molar-refractivity contribution is -0.114. The largest absolute Gasteiger partial charge is 0.454 e. The summed E-state index contributed by atoms with van der Waals surface area (Å²) in [5.41, 5.74) is 13.7. The highest BCUT2D eigenvalue weighted by Crippen LogP contribution is 2.68. The Bertz CT molecular complexity index is 3130. The van der Waals surface area contributed by atoms with Crippen LogP contribution in [0.2, 0.25) is 0 Å². The predicted octanol–water partition coefficient (Wildman–Crippen LogP) is 11.9. The smallest absolute Gasteiger partial charge is 0.231 e. The maximum atomic E-state index is 12.2. The Labute approximate surface area is 441 Å². The molecule has 0 radical (unpaired) electrons. The zero-order valence-corrected chi connectivity index (χ0v) is 43.9. The first-order valence-corrected chi connectivity index (χ1v) is 27.4. The molecule has 3 aromatic carbocycles.